The van der Waals surface area contributed by atoms with Crippen molar-refractivity contribution in [3.8, 4) is 0 Å². The number of hydrogen-bond donors (Lipinski definition) is 1. The van der Waals surface area contributed by atoms with Gasteiger partial charge in [0.2, 0.25) is 0 Å². The molecule has 0 aromatic heterocycles. The number of amides is 3. The van der Waals surface area contributed by atoms with E-state index in [4.69, 9.17) is 4.74 Å². The van der Waals surface area contributed by atoms with Crippen molar-refractivity contribution < 1.29 is 28.7 Å². The second-order valence-corrected chi connectivity index (χ2v) is 6.04. The van der Waals surface area contributed by atoms with Crippen LogP contribution in [0.15, 0.2) is 42.5 Å². The lowest BCUT2D eigenvalue weighted by atomic mass is 10.1. The Labute approximate surface area is 161 Å². The molecular weight excluding hydrogens is 364 g/mol. The van der Waals surface area contributed by atoms with E-state index in [2.05, 4.69) is 10.1 Å². The molecule has 8 nitrogen and oxygen atoms in total. The fraction of sp³-hybridized carbons (Fsp3) is 0.200. The average Bonchev–Trinajstić information content (AvgIpc) is 2.95. The molecule has 0 saturated carbocycles. The molecule has 28 heavy (non-hydrogen) atoms. The van der Waals surface area contributed by atoms with Gasteiger partial charge in [-0.3, -0.25) is 19.3 Å². The molecule has 1 aliphatic heterocycles. The van der Waals surface area contributed by atoms with E-state index >= 15 is 0 Å². The number of benzene rings is 2. The predicted molar refractivity (Wildman–Crippen MR) is 99.4 cm³/mol. The summed E-state index contributed by atoms with van der Waals surface area (Å²) in [5, 5.41) is 2.66. The highest BCUT2D eigenvalue weighted by Crippen LogP contribution is 2.24. The van der Waals surface area contributed by atoms with E-state index in [1.165, 1.54) is 38.5 Å². The minimum atomic E-state index is -0.520. The second-order valence-electron chi connectivity index (χ2n) is 6.04. The van der Waals surface area contributed by atoms with Gasteiger partial charge < -0.3 is 14.8 Å². The van der Waals surface area contributed by atoms with Crippen LogP contribution in [0.5, 0.6) is 0 Å². The Kier molecular flexibility index (Phi) is 5.51. The number of anilines is 1. The number of rotatable bonds is 6. The number of hydrogen-bond acceptors (Lipinski definition) is 6. The van der Waals surface area contributed by atoms with Crippen LogP contribution in [0.3, 0.4) is 0 Å². The van der Waals surface area contributed by atoms with Gasteiger partial charge in [0.05, 0.1) is 37.0 Å². The van der Waals surface area contributed by atoms with Gasteiger partial charge in [-0.15, -0.1) is 0 Å². The number of methoxy groups -OCH3 is 2. The summed E-state index contributed by atoms with van der Waals surface area (Å²) >= 11 is 0. The molecule has 0 unspecified atom stereocenters. The number of nitrogens with one attached hydrogen (secondary N) is 1. The Morgan fingerprint density at radius 2 is 1.71 bits per heavy atom. The Morgan fingerprint density at radius 3 is 2.43 bits per heavy atom. The topological polar surface area (TPSA) is 102 Å². The number of carbonyl (C=O) groups is 4. The van der Waals surface area contributed by atoms with E-state index in [0.29, 0.717) is 11.3 Å². The van der Waals surface area contributed by atoms with Crippen molar-refractivity contribution in [3.05, 3.63) is 64.7 Å². The highest BCUT2D eigenvalue weighted by molar-refractivity contribution is 6.22. The van der Waals surface area contributed by atoms with Gasteiger partial charge in [-0.25, -0.2) is 4.79 Å². The van der Waals surface area contributed by atoms with Crippen LogP contribution in [-0.2, 0) is 9.47 Å². The molecule has 0 fully saturated rings. The zero-order valence-electron chi connectivity index (χ0n) is 15.4. The number of carbonyl (C=O) groups excluding carboxylic acids is 4. The summed E-state index contributed by atoms with van der Waals surface area (Å²) < 4.78 is 9.58. The summed E-state index contributed by atoms with van der Waals surface area (Å²) in [6.07, 6.45) is 0. The van der Waals surface area contributed by atoms with Gasteiger partial charge in [-0.2, -0.15) is 0 Å². The third kappa shape index (κ3) is 3.63. The van der Waals surface area contributed by atoms with E-state index < -0.39 is 23.7 Å². The monoisotopic (exact) mass is 382 g/mol. The number of fused-ring (bicyclic) bond motifs is 1. The van der Waals surface area contributed by atoms with Crippen molar-refractivity contribution in [1.29, 1.82) is 0 Å². The molecule has 3 rings (SSSR count). The predicted octanol–water partition coefficient (Wildman–Crippen LogP) is 1.97. The first-order chi connectivity index (χ1) is 13.5. The standard InChI is InChI=1S/C20H18N2O6/c1-27-9-8-22-18(24)15-7-6-12(11-16(15)19(22)25)17(23)21-14-5-3-4-13(10-14)20(26)28-2/h3-7,10-11H,8-9H2,1-2H3,(H,21,23). The molecular formula is C20H18N2O6. The smallest absolute Gasteiger partial charge is 0.337 e. The maximum absolute atomic E-state index is 12.5. The third-order valence-electron chi connectivity index (χ3n) is 4.29. The molecule has 144 valence electrons. The summed E-state index contributed by atoms with van der Waals surface area (Å²) in [6.45, 7) is 0.375. The van der Waals surface area contributed by atoms with Crippen molar-refractivity contribution in [2.24, 2.45) is 0 Å². The van der Waals surface area contributed by atoms with E-state index in [0.717, 1.165) is 4.90 Å². The number of ether oxygens (including phenoxy) is 2. The highest BCUT2D eigenvalue weighted by atomic mass is 16.5. The van der Waals surface area contributed by atoms with Gasteiger partial charge in [0.25, 0.3) is 17.7 Å². The van der Waals surface area contributed by atoms with Gasteiger partial charge in [0.15, 0.2) is 0 Å². The largest absolute Gasteiger partial charge is 0.465 e. The summed E-state index contributed by atoms with van der Waals surface area (Å²) in [5.74, 6) is -1.86. The van der Waals surface area contributed by atoms with Gasteiger partial charge in [-0.05, 0) is 36.4 Å². The fourth-order valence-electron chi connectivity index (χ4n) is 2.86. The van der Waals surface area contributed by atoms with Crippen LogP contribution in [0.2, 0.25) is 0 Å². The summed E-state index contributed by atoms with van der Waals surface area (Å²) in [7, 11) is 2.75. The molecule has 0 spiro atoms. The maximum atomic E-state index is 12.5. The lowest BCUT2D eigenvalue weighted by Crippen LogP contribution is -2.32. The van der Waals surface area contributed by atoms with Crippen LogP contribution < -0.4 is 5.32 Å². The molecule has 1 heterocycles. The lowest BCUT2D eigenvalue weighted by Gasteiger charge is -2.12. The average molecular weight is 382 g/mol. The second kappa shape index (κ2) is 8.01. The van der Waals surface area contributed by atoms with Crippen molar-refractivity contribution in [2.75, 3.05) is 32.7 Å². The quantitative estimate of drug-likeness (QED) is 0.605. The molecule has 1 N–H and O–H groups in total. The lowest BCUT2D eigenvalue weighted by molar-refractivity contribution is 0.0591. The van der Waals surface area contributed by atoms with Crippen LogP contribution in [0.4, 0.5) is 5.69 Å². The van der Waals surface area contributed by atoms with E-state index in [9.17, 15) is 19.2 Å². The van der Waals surface area contributed by atoms with Crippen LogP contribution in [0.25, 0.3) is 0 Å². The molecule has 3 amide bonds. The van der Waals surface area contributed by atoms with Gasteiger partial charge >= 0.3 is 5.97 Å². The molecule has 2 aromatic carbocycles. The molecule has 0 saturated heterocycles. The summed E-state index contributed by atoms with van der Waals surface area (Å²) in [4.78, 5) is 50.0. The maximum Gasteiger partial charge on any atom is 0.337 e. The SMILES string of the molecule is COCCN1C(=O)c2ccc(C(=O)Nc3cccc(C(=O)OC)c3)cc2C1=O. The molecule has 2 aromatic rings. The first-order valence-corrected chi connectivity index (χ1v) is 8.45. The first kappa shape index (κ1) is 19.2. The fourth-order valence-corrected chi connectivity index (χ4v) is 2.86. The molecule has 0 atom stereocenters. The van der Waals surface area contributed by atoms with E-state index in [1.54, 1.807) is 18.2 Å². The van der Waals surface area contributed by atoms with E-state index in [1.807, 2.05) is 0 Å². The number of esters is 1. The van der Waals surface area contributed by atoms with Crippen molar-refractivity contribution >= 4 is 29.4 Å². The number of imide groups is 1. The molecule has 0 radical (unpaired) electrons. The molecule has 8 heteroatoms. The van der Waals surface area contributed by atoms with Crippen molar-refractivity contribution in [2.45, 2.75) is 0 Å². The van der Waals surface area contributed by atoms with Crippen LogP contribution in [0, 0.1) is 0 Å². The highest BCUT2D eigenvalue weighted by Gasteiger charge is 2.35. The summed E-state index contributed by atoms with van der Waals surface area (Å²) in [6, 6.07) is 10.6. The van der Waals surface area contributed by atoms with Crippen LogP contribution in [0.1, 0.15) is 41.4 Å². The Morgan fingerprint density at radius 1 is 0.964 bits per heavy atom. The minimum Gasteiger partial charge on any atom is -0.465 e. The molecule has 0 aliphatic carbocycles. The van der Waals surface area contributed by atoms with E-state index in [-0.39, 0.29) is 29.8 Å². The molecule has 0 bridgehead atoms. The van der Waals surface area contributed by atoms with Crippen molar-refractivity contribution in [1.82, 2.24) is 4.90 Å². The normalized spacial score (nSPS) is 12.7. The molecule has 1 aliphatic rings. The zero-order valence-corrected chi connectivity index (χ0v) is 15.4. The Hall–Kier alpha value is -3.52. The first-order valence-electron chi connectivity index (χ1n) is 8.45. The van der Waals surface area contributed by atoms with Crippen molar-refractivity contribution in [3.63, 3.8) is 0 Å². The minimum absolute atomic E-state index is 0.144. The zero-order chi connectivity index (χ0) is 20.3. The Balaban J connectivity index is 1.80. The van der Waals surface area contributed by atoms with Gasteiger partial charge in [-0.1, -0.05) is 6.07 Å². The Bertz CT molecular complexity index is 969. The summed E-state index contributed by atoms with van der Waals surface area (Å²) in [5.41, 5.74) is 1.35. The van der Waals surface area contributed by atoms with Crippen LogP contribution >= 0.6 is 0 Å². The number of nitrogens with zero attached hydrogens (tertiary/aromatic N) is 1. The van der Waals surface area contributed by atoms with Gasteiger partial charge in [0.1, 0.15) is 0 Å². The third-order valence-corrected chi connectivity index (χ3v) is 4.29. The van der Waals surface area contributed by atoms with Crippen LogP contribution in [-0.4, -0.2) is 56.0 Å². The van der Waals surface area contributed by atoms with Gasteiger partial charge in [0, 0.05) is 18.4 Å².